The molecule has 1 rings (SSSR count). The van der Waals surface area contributed by atoms with Gasteiger partial charge in [0.15, 0.2) is 5.52 Å². The Kier molecular flexibility index (Phi) is 8.36. The topological polar surface area (TPSA) is 35.5 Å². The van der Waals surface area contributed by atoms with Gasteiger partial charge in [-0.05, 0) is 32.8 Å². The van der Waals surface area contributed by atoms with Gasteiger partial charge in [-0.2, -0.15) is 0 Å². The molecule has 0 heterocycles. The fourth-order valence-electron chi connectivity index (χ4n) is 1.38. The first kappa shape index (κ1) is 17.5. The number of carbonyl (C=O) groups excluding carboxylic acids is 1. The zero-order chi connectivity index (χ0) is 12.8. The predicted molar refractivity (Wildman–Crippen MR) is 77.7 cm³/mol. The molecule has 5 heteroatoms. The summed E-state index contributed by atoms with van der Waals surface area (Å²) in [6, 6.07) is 5.30. The summed E-state index contributed by atoms with van der Waals surface area (Å²) in [5.74, 6) is 1.83. The van der Waals surface area contributed by atoms with E-state index < -0.39 is 0 Å². The van der Waals surface area contributed by atoms with E-state index in [9.17, 15) is 4.79 Å². The first-order chi connectivity index (χ1) is 8.08. The van der Waals surface area contributed by atoms with Crippen LogP contribution >= 0.6 is 8.58 Å². The van der Waals surface area contributed by atoms with Crippen molar-refractivity contribution < 1.29 is 14.3 Å². The van der Waals surface area contributed by atoms with Crippen molar-refractivity contribution in [3.8, 4) is 11.5 Å². The van der Waals surface area contributed by atoms with E-state index in [1.165, 1.54) is 0 Å². The third-order valence-electron chi connectivity index (χ3n) is 2.32. The molecule has 0 aliphatic rings. The molecular formula is C13H19LiO3P. The molecule has 0 aromatic heterocycles. The molecule has 0 spiro atoms. The largest absolute Gasteiger partial charge is 0.497 e. The van der Waals surface area contributed by atoms with Crippen molar-refractivity contribution in [3.05, 3.63) is 23.8 Å². The van der Waals surface area contributed by atoms with Gasteiger partial charge in [0.25, 0.3) is 0 Å². The maximum absolute atomic E-state index is 12.0. The van der Waals surface area contributed by atoms with Crippen molar-refractivity contribution in [2.75, 3.05) is 20.4 Å². The Labute approximate surface area is 123 Å². The van der Waals surface area contributed by atoms with Crippen molar-refractivity contribution in [2.24, 2.45) is 5.92 Å². The number of ether oxygens (including phenoxy) is 2. The van der Waals surface area contributed by atoms with Gasteiger partial charge in [0, 0.05) is 24.9 Å². The maximum Gasteiger partial charge on any atom is 0.184 e. The third-order valence-corrected chi connectivity index (χ3v) is 3.94. The van der Waals surface area contributed by atoms with E-state index in [0.29, 0.717) is 31.6 Å². The van der Waals surface area contributed by atoms with E-state index in [0.717, 1.165) is 6.16 Å². The molecule has 0 saturated heterocycles. The van der Waals surface area contributed by atoms with Crippen LogP contribution in [0.1, 0.15) is 24.2 Å². The second-order valence-corrected chi connectivity index (χ2v) is 5.39. The fourth-order valence-corrected chi connectivity index (χ4v) is 2.37. The van der Waals surface area contributed by atoms with E-state index >= 15 is 0 Å². The van der Waals surface area contributed by atoms with Crippen LogP contribution in [0, 0.1) is 5.92 Å². The molecule has 0 aliphatic heterocycles. The number of methoxy groups -OCH3 is 2. The smallest absolute Gasteiger partial charge is 0.184 e. The zero-order valence-electron chi connectivity index (χ0n) is 11.7. The monoisotopic (exact) mass is 261 g/mol. The molecule has 18 heavy (non-hydrogen) atoms. The van der Waals surface area contributed by atoms with E-state index in [-0.39, 0.29) is 24.4 Å². The van der Waals surface area contributed by atoms with E-state index in [1.807, 2.05) is 0 Å². The Morgan fingerprint density at radius 1 is 1.28 bits per heavy atom. The summed E-state index contributed by atoms with van der Waals surface area (Å²) >= 11 is 0. The predicted octanol–water partition coefficient (Wildman–Crippen LogP) is 2.80. The van der Waals surface area contributed by atoms with E-state index in [2.05, 4.69) is 13.8 Å². The van der Waals surface area contributed by atoms with Crippen molar-refractivity contribution >= 4 is 33.0 Å². The second-order valence-electron chi connectivity index (χ2n) is 4.17. The van der Waals surface area contributed by atoms with Crippen molar-refractivity contribution in [1.82, 2.24) is 0 Å². The van der Waals surface area contributed by atoms with E-state index in [4.69, 9.17) is 9.47 Å². The van der Waals surface area contributed by atoms with Gasteiger partial charge in [-0.25, -0.2) is 0 Å². The van der Waals surface area contributed by atoms with Gasteiger partial charge in [0.2, 0.25) is 0 Å². The number of hydrogen-bond acceptors (Lipinski definition) is 3. The van der Waals surface area contributed by atoms with Crippen LogP contribution in [0.2, 0.25) is 0 Å². The molecule has 1 unspecified atom stereocenters. The summed E-state index contributed by atoms with van der Waals surface area (Å²) in [6.45, 7) is 4.23. The van der Waals surface area contributed by atoms with Crippen LogP contribution in [-0.2, 0) is 0 Å². The fraction of sp³-hybridized carbons (Fsp3) is 0.462. The Morgan fingerprint density at radius 3 is 2.44 bits per heavy atom. The second kappa shape index (κ2) is 8.59. The van der Waals surface area contributed by atoms with Crippen LogP contribution in [0.3, 0.4) is 0 Å². The molecule has 1 radical (unpaired) electrons. The summed E-state index contributed by atoms with van der Waals surface area (Å²) in [5, 5.41) is 0. The molecule has 0 bridgehead atoms. The van der Waals surface area contributed by atoms with Crippen molar-refractivity contribution in [1.29, 1.82) is 0 Å². The van der Waals surface area contributed by atoms with E-state index in [1.54, 1.807) is 32.4 Å². The first-order valence-electron chi connectivity index (χ1n) is 5.58. The van der Waals surface area contributed by atoms with Crippen molar-refractivity contribution in [2.45, 2.75) is 13.8 Å². The summed E-state index contributed by atoms with van der Waals surface area (Å²) in [5.41, 5.74) is 0.797. The normalized spacial score (nSPS) is 10.5. The molecule has 0 amide bonds. The van der Waals surface area contributed by atoms with Crippen molar-refractivity contribution in [3.63, 3.8) is 0 Å². The molecule has 0 fully saturated rings. The zero-order valence-corrected chi connectivity index (χ0v) is 12.7. The van der Waals surface area contributed by atoms with Crippen LogP contribution < -0.4 is 9.47 Å². The Hall–Kier alpha value is -0.483. The SMILES string of the molecule is COc1ccc(C(=O)PCC(C)C)c(OC)c1.[Li]. The minimum Gasteiger partial charge on any atom is -0.497 e. The molecule has 0 saturated carbocycles. The number of rotatable bonds is 6. The number of carbonyl (C=O) groups is 1. The summed E-state index contributed by atoms with van der Waals surface area (Å²) in [7, 11) is 3.46. The summed E-state index contributed by atoms with van der Waals surface area (Å²) in [6.07, 6.45) is 0.925. The minimum absolute atomic E-state index is 0. The van der Waals surface area contributed by atoms with Gasteiger partial charge in [0.05, 0.1) is 19.8 Å². The van der Waals surface area contributed by atoms with Crippen LogP contribution in [-0.4, -0.2) is 44.8 Å². The quantitative estimate of drug-likeness (QED) is 0.583. The van der Waals surface area contributed by atoms with Gasteiger partial charge < -0.3 is 9.47 Å². The Bertz CT molecular complexity index is 394. The molecule has 1 atom stereocenters. The van der Waals surface area contributed by atoms with Crippen LogP contribution in [0.25, 0.3) is 0 Å². The number of benzene rings is 1. The van der Waals surface area contributed by atoms with Gasteiger partial charge in [0.1, 0.15) is 11.5 Å². The Morgan fingerprint density at radius 2 is 1.94 bits per heavy atom. The molecule has 0 N–H and O–H groups in total. The van der Waals surface area contributed by atoms with Gasteiger partial charge >= 0.3 is 0 Å². The minimum atomic E-state index is 0. The van der Waals surface area contributed by atoms with Crippen LogP contribution in [0.15, 0.2) is 18.2 Å². The molecule has 1 aromatic rings. The van der Waals surface area contributed by atoms with Gasteiger partial charge in [-0.1, -0.05) is 13.8 Å². The first-order valence-corrected chi connectivity index (χ1v) is 6.79. The number of hydrogen-bond donors (Lipinski definition) is 0. The molecule has 3 nitrogen and oxygen atoms in total. The standard InChI is InChI=1S/C13H19O3P.Li/c1-9(2)8-17-13(14)11-6-5-10(15-3)7-12(11)16-4;/h5-7,9,17H,8H2,1-4H3;. The van der Waals surface area contributed by atoms with Gasteiger partial charge in [-0.3, -0.25) is 4.79 Å². The van der Waals surface area contributed by atoms with Crippen LogP contribution in [0.4, 0.5) is 0 Å². The third kappa shape index (κ3) is 5.02. The van der Waals surface area contributed by atoms with Gasteiger partial charge in [-0.15, -0.1) is 0 Å². The molecule has 1 aromatic carbocycles. The molecule has 0 aliphatic carbocycles. The van der Waals surface area contributed by atoms with Crippen LogP contribution in [0.5, 0.6) is 11.5 Å². The summed E-state index contributed by atoms with van der Waals surface area (Å²) in [4.78, 5) is 12.0. The molecular weight excluding hydrogens is 242 g/mol. The maximum atomic E-state index is 12.0. The molecule has 95 valence electrons. The summed E-state index contributed by atoms with van der Waals surface area (Å²) < 4.78 is 10.3. The Balaban J connectivity index is 0.00000289. The average molecular weight is 261 g/mol. The average Bonchev–Trinajstić information content (AvgIpc) is 2.34.